The Labute approximate surface area is 134 Å². The fourth-order valence-corrected chi connectivity index (χ4v) is 9.15. The lowest BCUT2D eigenvalue weighted by Gasteiger charge is -2.53. The molecule has 2 fully saturated rings. The van der Waals surface area contributed by atoms with E-state index in [0.717, 1.165) is 11.6 Å². The molecule has 2 saturated carbocycles. The summed E-state index contributed by atoms with van der Waals surface area (Å²) in [5.74, 6) is 0.962. The molecular formula is C18H37N2P. The predicted molar refractivity (Wildman–Crippen MR) is 95.8 cm³/mol. The maximum Gasteiger partial charge on any atom is 0.0438 e. The smallest absolute Gasteiger partial charge is 0.0438 e. The lowest BCUT2D eigenvalue weighted by atomic mass is 9.72. The highest BCUT2D eigenvalue weighted by atomic mass is 31.1. The van der Waals surface area contributed by atoms with Crippen LogP contribution in [0.15, 0.2) is 0 Å². The second-order valence-corrected chi connectivity index (χ2v) is 10.2. The van der Waals surface area contributed by atoms with Crippen LogP contribution in [0.5, 0.6) is 0 Å². The summed E-state index contributed by atoms with van der Waals surface area (Å²) in [7, 11) is -0.174. The maximum atomic E-state index is 2.79. The molecule has 0 aromatic carbocycles. The first kappa shape index (κ1) is 17.7. The van der Waals surface area contributed by atoms with Crippen molar-refractivity contribution in [2.24, 2.45) is 16.7 Å². The molecule has 0 saturated heterocycles. The normalized spacial score (nSPS) is 34.6. The molecule has 2 rings (SSSR count). The minimum atomic E-state index is -0.174. The van der Waals surface area contributed by atoms with Crippen molar-refractivity contribution in [2.75, 3.05) is 26.2 Å². The van der Waals surface area contributed by atoms with Crippen LogP contribution in [0.1, 0.15) is 67.7 Å². The predicted octanol–water partition coefficient (Wildman–Crippen LogP) is 5.20. The van der Waals surface area contributed by atoms with Crippen LogP contribution in [0.3, 0.4) is 0 Å². The highest BCUT2D eigenvalue weighted by molar-refractivity contribution is 7.53. The molecule has 0 heterocycles. The van der Waals surface area contributed by atoms with Crippen molar-refractivity contribution in [3.63, 3.8) is 0 Å². The van der Waals surface area contributed by atoms with E-state index < -0.39 is 0 Å². The van der Waals surface area contributed by atoms with E-state index in [-0.39, 0.29) is 8.22 Å². The number of rotatable bonds is 7. The summed E-state index contributed by atoms with van der Waals surface area (Å²) in [5.41, 5.74) is 1.98. The van der Waals surface area contributed by atoms with Gasteiger partial charge in [0.2, 0.25) is 0 Å². The van der Waals surface area contributed by atoms with Crippen molar-refractivity contribution in [1.29, 1.82) is 0 Å². The summed E-state index contributed by atoms with van der Waals surface area (Å²) in [5, 5.41) is 0. The minimum absolute atomic E-state index is 0.174. The molecule has 124 valence electrons. The summed E-state index contributed by atoms with van der Waals surface area (Å²) in [6.45, 7) is 22.0. The van der Waals surface area contributed by atoms with E-state index >= 15 is 0 Å². The van der Waals surface area contributed by atoms with Crippen LogP contribution in [0.4, 0.5) is 0 Å². The second kappa shape index (κ2) is 6.46. The van der Waals surface area contributed by atoms with E-state index in [9.17, 15) is 0 Å². The first-order valence-corrected chi connectivity index (χ1v) is 10.5. The number of fused-ring (bicyclic) bond motifs is 2. The molecule has 2 bridgehead atoms. The lowest BCUT2D eigenvalue weighted by molar-refractivity contribution is 0.179. The zero-order valence-corrected chi connectivity index (χ0v) is 16.3. The van der Waals surface area contributed by atoms with Gasteiger partial charge in [-0.2, -0.15) is 0 Å². The Morgan fingerprint density at radius 1 is 0.905 bits per heavy atom. The largest absolute Gasteiger partial charge is 0.270 e. The molecule has 0 spiro atoms. The highest BCUT2D eigenvalue weighted by Crippen LogP contribution is 2.73. The van der Waals surface area contributed by atoms with Gasteiger partial charge in [0, 0.05) is 40.1 Å². The Morgan fingerprint density at radius 3 is 1.71 bits per heavy atom. The van der Waals surface area contributed by atoms with Gasteiger partial charge in [-0.15, -0.1) is 0 Å². The molecule has 21 heavy (non-hydrogen) atoms. The quantitative estimate of drug-likeness (QED) is 0.596. The van der Waals surface area contributed by atoms with E-state index in [1.165, 1.54) is 45.4 Å². The molecule has 2 nitrogen and oxygen atoms in total. The van der Waals surface area contributed by atoms with Crippen molar-refractivity contribution in [3.05, 3.63) is 0 Å². The van der Waals surface area contributed by atoms with Gasteiger partial charge in [0.05, 0.1) is 0 Å². The Bertz CT molecular complexity index is 332. The molecular weight excluding hydrogens is 275 g/mol. The fourth-order valence-electron chi connectivity index (χ4n) is 5.38. The molecule has 0 N–H and O–H groups in total. The van der Waals surface area contributed by atoms with Crippen molar-refractivity contribution < 1.29 is 0 Å². The van der Waals surface area contributed by atoms with E-state index in [1.807, 2.05) is 0 Å². The Hall–Kier alpha value is 0.350. The molecule has 3 heteroatoms. The molecule has 0 aromatic rings. The van der Waals surface area contributed by atoms with Gasteiger partial charge in [-0.3, -0.25) is 9.34 Å². The fraction of sp³-hybridized carbons (Fsp3) is 1.00. The van der Waals surface area contributed by atoms with Crippen LogP contribution >= 0.6 is 8.22 Å². The average molecular weight is 312 g/mol. The van der Waals surface area contributed by atoms with Gasteiger partial charge in [0.15, 0.2) is 0 Å². The van der Waals surface area contributed by atoms with Crippen LogP contribution in [0.25, 0.3) is 0 Å². The van der Waals surface area contributed by atoms with Gasteiger partial charge in [0.25, 0.3) is 0 Å². The molecule has 2 aliphatic carbocycles. The Morgan fingerprint density at radius 2 is 1.38 bits per heavy atom. The number of hydrogen-bond donors (Lipinski definition) is 0. The van der Waals surface area contributed by atoms with Crippen LogP contribution in [0, 0.1) is 16.7 Å². The topological polar surface area (TPSA) is 6.48 Å². The summed E-state index contributed by atoms with van der Waals surface area (Å²) >= 11 is 0. The zero-order chi connectivity index (χ0) is 15.8. The van der Waals surface area contributed by atoms with Gasteiger partial charge in [0.1, 0.15) is 0 Å². The summed E-state index contributed by atoms with van der Waals surface area (Å²) in [6, 6.07) is 0. The maximum absolute atomic E-state index is 2.79. The first-order valence-electron chi connectivity index (χ1n) is 9.14. The molecule has 0 radical (unpaired) electrons. The second-order valence-electron chi connectivity index (χ2n) is 7.92. The number of hydrogen-bond acceptors (Lipinski definition) is 2. The third-order valence-corrected chi connectivity index (χ3v) is 10.5. The van der Waals surface area contributed by atoms with Gasteiger partial charge in [-0.25, -0.2) is 0 Å². The summed E-state index contributed by atoms with van der Waals surface area (Å²) in [6.07, 6.45) is 4.42. The van der Waals surface area contributed by atoms with Crippen molar-refractivity contribution >= 4 is 8.22 Å². The van der Waals surface area contributed by atoms with E-state index in [1.54, 1.807) is 0 Å². The van der Waals surface area contributed by atoms with E-state index in [4.69, 9.17) is 0 Å². The van der Waals surface area contributed by atoms with Gasteiger partial charge >= 0.3 is 0 Å². The van der Waals surface area contributed by atoms with Gasteiger partial charge in [-0.05, 0) is 36.0 Å². The van der Waals surface area contributed by atoms with E-state index in [0.29, 0.717) is 10.8 Å². The minimum Gasteiger partial charge on any atom is -0.270 e. The van der Waals surface area contributed by atoms with Gasteiger partial charge < -0.3 is 0 Å². The van der Waals surface area contributed by atoms with Crippen molar-refractivity contribution in [3.8, 4) is 0 Å². The van der Waals surface area contributed by atoms with Crippen LogP contribution in [-0.4, -0.2) is 41.2 Å². The van der Waals surface area contributed by atoms with E-state index in [2.05, 4.69) is 57.8 Å². The highest BCUT2D eigenvalue weighted by Gasteiger charge is 2.62. The van der Waals surface area contributed by atoms with Crippen molar-refractivity contribution in [2.45, 2.75) is 73.4 Å². The molecule has 0 amide bonds. The molecule has 3 atom stereocenters. The standard InChI is InChI=1S/C18H37N2P/c1-8-19(9-2)21(20(10-3)11-4)16-17(5,6)15-12-13-18(16,7)14-15/h15-16H,8-14H2,1-7H3/t15-,16-,18-/m0/s1. The molecule has 2 aliphatic rings. The lowest BCUT2D eigenvalue weighted by Crippen LogP contribution is -2.46. The summed E-state index contributed by atoms with van der Waals surface area (Å²) < 4.78 is 5.58. The number of nitrogens with zero attached hydrogens (tertiary/aromatic N) is 2. The average Bonchev–Trinajstić information content (AvgIpc) is 2.92. The zero-order valence-electron chi connectivity index (χ0n) is 15.4. The Balaban J connectivity index is 2.40. The molecule has 0 unspecified atom stereocenters. The van der Waals surface area contributed by atoms with Crippen LogP contribution < -0.4 is 0 Å². The molecule has 0 aliphatic heterocycles. The van der Waals surface area contributed by atoms with Gasteiger partial charge in [-0.1, -0.05) is 48.5 Å². The van der Waals surface area contributed by atoms with Crippen LogP contribution in [-0.2, 0) is 0 Å². The van der Waals surface area contributed by atoms with Crippen molar-refractivity contribution in [1.82, 2.24) is 9.34 Å². The monoisotopic (exact) mass is 312 g/mol. The molecule has 0 aromatic heterocycles. The summed E-state index contributed by atoms with van der Waals surface area (Å²) in [4.78, 5) is 0. The Kier molecular flexibility index (Phi) is 5.44. The SMILES string of the molecule is CCN(CC)P([C@H]1C(C)(C)[C@H]2CC[C@@]1(C)C2)N(CC)CC. The van der Waals surface area contributed by atoms with Crippen LogP contribution in [0.2, 0.25) is 0 Å². The first-order chi connectivity index (χ1) is 9.85. The third kappa shape index (κ3) is 2.81. The third-order valence-electron chi connectivity index (χ3n) is 6.46.